The number of likely N-dealkylation sites (tertiary alicyclic amines) is 1. The lowest BCUT2D eigenvalue weighted by atomic mass is 10.2. The molecular formula is C15H32N2OSi. The van der Waals surface area contributed by atoms with Crippen molar-refractivity contribution in [1.82, 2.24) is 9.80 Å². The molecule has 0 amide bonds. The van der Waals surface area contributed by atoms with Crippen molar-refractivity contribution in [2.24, 2.45) is 0 Å². The molecule has 112 valence electrons. The molecule has 2 unspecified atom stereocenters. The second-order valence-electron chi connectivity index (χ2n) is 7.95. The Hall–Kier alpha value is 0.0969. The maximum absolute atomic E-state index is 6.33. The Morgan fingerprint density at radius 3 is 2.11 bits per heavy atom. The zero-order chi connectivity index (χ0) is 14.3. The molecule has 0 aliphatic carbocycles. The minimum absolute atomic E-state index is 0.327. The fraction of sp³-hybridized carbons (Fsp3) is 1.00. The van der Waals surface area contributed by atoms with Gasteiger partial charge in [-0.3, -0.25) is 4.90 Å². The number of piperazine rings is 1. The average molecular weight is 285 g/mol. The summed E-state index contributed by atoms with van der Waals surface area (Å²) < 4.78 is 6.33. The van der Waals surface area contributed by atoms with Crippen LogP contribution in [0.15, 0.2) is 0 Å². The van der Waals surface area contributed by atoms with Crippen LogP contribution >= 0.6 is 0 Å². The Labute approximate surface area is 120 Å². The van der Waals surface area contributed by atoms with E-state index in [2.05, 4.69) is 50.7 Å². The molecule has 2 aliphatic rings. The number of rotatable bonds is 4. The predicted octanol–water partition coefficient (Wildman–Crippen LogP) is 2.79. The van der Waals surface area contributed by atoms with Gasteiger partial charge >= 0.3 is 0 Å². The molecule has 0 spiro atoms. The Morgan fingerprint density at radius 2 is 1.63 bits per heavy atom. The molecule has 0 N–H and O–H groups in total. The summed E-state index contributed by atoms with van der Waals surface area (Å²) in [6.45, 7) is 16.2. The van der Waals surface area contributed by atoms with E-state index in [0.29, 0.717) is 5.04 Å². The third-order valence-electron chi connectivity index (χ3n) is 5.43. The van der Waals surface area contributed by atoms with Crippen LogP contribution in [0.5, 0.6) is 0 Å². The molecule has 2 bridgehead atoms. The molecular weight excluding hydrogens is 252 g/mol. The van der Waals surface area contributed by atoms with E-state index >= 15 is 0 Å². The van der Waals surface area contributed by atoms with Gasteiger partial charge in [0.05, 0.1) is 0 Å². The first-order valence-electron chi connectivity index (χ1n) is 7.79. The van der Waals surface area contributed by atoms with Crippen molar-refractivity contribution in [3.05, 3.63) is 0 Å². The van der Waals surface area contributed by atoms with Gasteiger partial charge in [0.2, 0.25) is 0 Å². The second-order valence-corrected chi connectivity index (χ2v) is 12.8. The van der Waals surface area contributed by atoms with Gasteiger partial charge in [0.25, 0.3) is 0 Å². The second kappa shape index (κ2) is 5.47. The standard InChI is InChI=1S/C15H32N2OSi/c1-15(2,3)19(5,6)18-10-9-17-13-7-8-14(17)12-16(4)11-13/h13-14H,7-12H2,1-6H3. The summed E-state index contributed by atoms with van der Waals surface area (Å²) in [6, 6.07) is 1.57. The Kier molecular flexibility index (Phi) is 4.46. The maximum atomic E-state index is 6.33. The lowest BCUT2D eigenvalue weighted by Gasteiger charge is -2.41. The van der Waals surface area contributed by atoms with Crippen LogP contribution in [0.1, 0.15) is 33.6 Å². The van der Waals surface area contributed by atoms with Crippen molar-refractivity contribution in [2.75, 3.05) is 33.3 Å². The first kappa shape index (κ1) is 15.5. The largest absolute Gasteiger partial charge is 0.416 e. The lowest BCUT2D eigenvalue weighted by Crippen LogP contribution is -2.53. The predicted molar refractivity (Wildman–Crippen MR) is 84.2 cm³/mol. The maximum Gasteiger partial charge on any atom is 0.192 e. The highest BCUT2D eigenvalue weighted by Gasteiger charge is 2.40. The fourth-order valence-corrected chi connectivity index (χ4v) is 4.22. The Morgan fingerprint density at radius 1 is 1.11 bits per heavy atom. The molecule has 2 fully saturated rings. The molecule has 2 heterocycles. The van der Waals surface area contributed by atoms with Crippen LogP contribution in [-0.4, -0.2) is 63.5 Å². The van der Waals surface area contributed by atoms with E-state index in [1.54, 1.807) is 0 Å². The van der Waals surface area contributed by atoms with Gasteiger partial charge in [-0.05, 0) is 38.0 Å². The van der Waals surface area contributed by atoms with Gasteiger partial charge in [-0.25, -0.2) is 0 Å². The molecule has 3 nitrogen and oxygen atoms in total. The molecule has 2 saturated heterocycles. The number of nitrogens with zero attached hydrogens (tertiary/aromatic N) is 2. The molecule has 0 aromatic heterocycles. The number of hydrogen-bond donors (Lipinski definition) is 0. The van der Waals surface area contributed by atoms with Crippen molar-refractivity contribution in [1.29, 1.82) is 0 Å². The summed E-state index contributed by atoms with van der Waals surface area (Å²) in [6.07, 6.45) is 2.77. The molecule has 2 atom stereocenters. The summed E-state index contributed by atoms with van der Waals surface area (Å²) in [5.41, 5.74) is 0. The topological polar surface area (TPSA) is 15.7 Å². The molecule has 2 aliphatic heterocycles. The summed E-state index contributed by atoms with van der Waals surface area (Å²) >= 11 is 0. The third kappa shape index (κ3) is 3.41. The van der Waals surface area contributed by atoms with E-state index in [-0.39, 0.29) is 0 Å². The zero-order valence-corrected chi connectivity index (χ0v) is 14.7. The SMILES string of the molecule is CN1CC2CCC(C1)N2CCO[Si](C)(C)C(C)(C)C. The van der Waals surface area contributed by atoms with Crippen molar-refractivity contribution in [3.63, 3.8) is 0 Å². The highest BCUT2D eigenvalue weighted by Crippen LogP contribution is 2.36. The van der Waals surface area contributed by atoms with Crippen LogP contribution in [0.4, 0.5) is 0 Å². The van der Waals surface area contributed by atoms with Gasteiger partial charge in [-0.15, -0.1) is 0 Å². The minimum atomic E-state index is -1.56. The number of likely N-dealkylation sites (N-methyl/N-ethyl adjacent to an activating group) is 1. The summed E-state index contributed by atoms with van der Waals surface area (Å²) in [5.74, 6) is 0. The molecule has 0 aromatic carbocycles. The van der Waals surface area contributed by atoms with E-state index in [1.165, 1.54) is 25.9 Å². The molecule has 0 aromatic rings. The third-order valence-corrected chi connectivity index (χ3v) is 9.97. The van der Waals surface area contributed by atoms with Crippen LogP contribution in [-0.2, 0) is 4.43 Å². The van der Waals surface area contributed by atoms with Crippen molar-refractivity contribution in [2.45, 2.75) is 63.8 Å². The van der Waals surface area contributed by atoms with Crippen molar-refractivity contribution >= 4 is 8.32 Å². The fourth-order valence-electron chi connectivity index (χ4n) is 3.19. The normalized spacial score (nSPS) is 30.0. The first-order chi connectivity index (χ1) is 8.71. The van der Waals surface area contributed by atoms with Crippen molar-refractivity contribution < 1.29 is 4.43 Å². The van der Waals surface area contributed by atoms with E-state index in [1.807, 2.05) is 0 Å². The molecule has 19 heavy (non-hydrogen) atoms. The van der Waals surface area contributed by atoms with Gasteiger partial charge < -0.3 is 9.33 Å². The van der Waals surface area contributed by atoms with Gasteiger partial charge in [0.15, 0.2) is 8.32 Å². The minimum Gasteiger partial charge on any atom is -0.416 e. The molecule has 4 heteroatoms. The molecule has 2 rings (SSSR count). The quantitative estimate of drug-likeness (QED) is 0.738. The van der Waals surface area contributed by atoms with E-state index in [9.17, 15) is 0 Å². The highest BCUT2D eigenvalue weighted by molar-refractivity contribution is 6.74. The summed E-state index contributed by atoms with van der Waals surface area (Å²) in [4.78, 5) is 5.21. The zero-order valence-electron chi connectivity index (χ0n) is 13.7. The molecule has 0 saturated carbocycles. The van der Waals surface area contributed by atoms with Crippen LogP contribution in [0.2, 0.25) is 18.1 Å². The summed E-state index contributed by atoms with van der Waals surface area (Å²) in [7, 11) is 0.695. The van der Waals surface area contributed by atoms with Crippen LogP contribution < -0.4 is 0 Å². The van der Waals surface area contributed by atoms with Gasteiger partial charge in [0, 0.05) is 38.3 Å². The highest BCUT2D eigenvalue weighted by atomic mass is 28.4. The number of hydrogen-bond acceptors (Lipinski definition) is 3. The van der Waals surface area contributed by atoms with E-state index in [0.717, 1.165) is 25.2 Å². The van der Waals surface area contributed by atoms with Gasteiger partial charge in [-0.1, -0.05) is 20.8 Å². The monoisotopic (exact) mass is 284 g/mol. The van der Waals surface area contributed by atoms with Crippen LogP contribution in [0, 0.1) is 0 Å². The Balaban J connectivity index is 1.81. The lowest BCUT2D eigenvalue weighted by molar-refractivity contribution is 0.0675. The van der Waals surface area contributed by atoms with Crippen molar-refractivity contribution in [3.8, 4) is 0 Å². The smallest absolute Gasteiger partial charge is 0.192 e. The molecule has 0 radical (unpaired) electrons. The van der Waals surface area contributed by atoms with E-state index < -0.39 is 8.32 Å². The van der Waals surface area contributed by atoms with Crippen LogP contribution in [0.3, 0.4) is 0 Å². The number of fused-ring (bicyclic) bond motifs is 2. The van der Waals surface area contributed by atoms with Gasteiger partial charge in [-0.2, -0.15) is 0 Å². The Bertz CT molecular complexity index is 300. The van der Waals surface area contributed by atoms with E-state index in [4.69, 9.17) is 4.43 Å². The first-order valence-corrected chi connectivity index (χ1v) is 10.7. The van der Waals surface area contributed by atoms with Gasteiger partial charge in [0.1, 0.15) is 0 Å². The van der Waals surface area contributed by atoms with Crippen LogP contribution in [0.25, 0.3) is 0 Å². The average Bonchev–Trinajstić information content (AvgIpc) is 2.51. The summed E-state index contributed by atoms with van der Waals surface area (Å²) in [5, 5.41) is 0.327.